The smallest absolute Gasteiger partial charge is 0.421 e. The molecule has 122 valence electrons. The van der Waals surface area contributed by atoms with Crippen LogP contribution in [0.25, 0.3) is 0 Å². The van der Waals surface area contributed by atoms with Gasteiger partial charge in [0.2, 0.25) is 0 Å². The molecule has 0 atom stereocenters. The van der Waals surface area contributed by atoms with Crippen LogP contribution in [0.1, 0.15) is 39.0 Å². The molecule has 0 aromatic rings. The molecule has 21 heavy (non-hydrogen) atoms. The summed E-state index contributed by atoms with van der Waals surface area (Å²) in [6.07, 6.45) is 2.15. The summed E-state index contributed by atoms with van der Waals surface area (Å²) in [7, 11) is -3.12. The molecule has 0 bridgehead atoms. The van der Waals surface area contributed by atoms with E-state index >= 15 is 0 Å². The van der Waals surface area contributed by atoms with Gasteiger partial charge in [0.25, 0.3) is 0 Å². The molecule has 1 fully saturated rings. The average molecular weight is 322 g/mol. The second kappa shape index (κ2) is 6.94. The third kappa shape index (κ3) is 4.46. The number of nitrogens with one attached hydrogen (secondary N) is 2. The van der Waals surface area contributed by atoms with Gasteiger partial charge < -0.3 is 15.7 Å². The molecule has 0 aromatic heterocycles. The van der Waals surface area contributed by atoms with Crippen molar-refractivity contribution < 1.29 is 23.2 Å². The number of methoxy groups -OCH3 is 1. The van der Waals surface area contributed by atoms with Gasteiger partial charge in [0.15, 0.2) is 5.84 Å². The van der Waals surface area contributed by atoms with Gasteiger partial charge in [0.1, 0.15) is 0 Å². The number of nitrogens with zero attached hydrogens (tertiary/aromatic N) is 1. The lowest BCUT2D eigenvalue weighted by molar-refractivity contribution is 0.177. The van der Waals surface area contributed by atoms with Gasteiger partial charge in [-0.05, 0) is 31.6 Å². The minimum absolute atomic E-state index is 0.215. The Kier molecular flexibility index (Phi) is 5.78. The Balaban J connectivity index is 2.93. The van der Waals surface area contributed by atoms with Crippen molar-refractivity contribution in [1.29, 1.82) is 0 Å². The van der Waals surface area contributed by atoms with Crippen molar-refractivity contribution in [2.75, 3.05) is 7.11 Å². The first-order valence-corrected chi connectivity index (χ1v) is 8.14. The topological polar surface area (TPSA) is 143 Å². The van der Waals surface area contributed by atoms with Crippen molar-refractivity contribution in [3.63, 3.8) is 0 Å². The van der Waals surface area contributed by atoms with Crippen molar-refractivity contribution in [3.8, 4) is 0 Å². The molecule has 1 aliphatic carbocycles. The fraction of sp³-hybridized carbons (Fsp3) is 0.818. The summed E-state index contributed by atoms with van der Waals surface area (Å²) in [6, 6.07) is 0. The van der Waals surface area contributed by atoms with Gasteiger partial charge in [-0.15, -0.1) is 0 Å². The number of amidine groups is 1. The third-order valence-electron chi connectivity index (χ3n) is 3.87. The maximum Gasteiger partial charge on any atom is 0.421 e. The number of hydrogen-bond acceptors (Lipinski definition) is 6. The minimum Gasteiger partial charge on any atom is -0.452 e. The van der Waals surface area contributed by atoms with Crippen LogP contribution in [0.4, 0.5) is 4.79 Å². The molecule has 0 radical (unpaired) electrons. The molecule has 5 N–H and O–H groups in total. The van der Waals surface area contributed by atoms with E-state index in [9.17, 15) is 13.2 Å². The van der Waals surface area contributed by atoms with Crippen LogP contribution >= 0.6 is 0 Å². The van der Waals surface area contributed by atoms with E-state index in [-0.39, 0.29) is 5.84 Å². The van der Waals surface area contributed by atoms with Crippen LogP contribution in [0.3, 0.4) is 0 Å². The highest BCUT2D eigenvalue weighted by molar-refractivity contribution is 7.88. The van der Waals surface area contributed by atoms with Crippen molar-refractivity contribution in [1.82, 2.24) is 9.44 Å². The Morgan fingerprint density at radius 1 is 1.48 bits per heavy atom. The second-order valence-corrected chi connectivity index (χ2v) is 6.53. The molecule has 1 amide bonds. The Bertz CT molecular complexity index is 497. The summed E-state index contributed by atoms with van der Waals surface area (Å²) >= 11 is 0. The van der Waals surface area contributed by atoms with E-state index in [1.165, 1.54) is 0 Å². The molecule has 0 spiro atoms. The molecule has 0 aromatic carbocycles. The van der Waals surface area contributed by atoms with E-state index in [4.69, 9.17) is 10.9 Å². The first-order chi connectivity index (χ1) is 9.78. The van der Waals surface area contributed by atoms with E-state index in [0.29, 0.717) is 18.8 Å². The summed E-state index contributed by atoms with van der Waals surface area (Å²) in [5.41, 5.74) is 4.48. The van der Waals surface area contributed by atoms with E-state index in [0.717, 1.165) is 26.4 Å². The van der Waals surface area contributed by atoms with E-state index < -0.39 is 21.8 Å². The number of hydrogen-bond donors (Lipinski definition) is 4. The maximum absolute atomic E-state index is 11.9. The van der Waals surface area contributed by atoms with Crippen LogP contribution in [0.15, 0.2) is 5.16 Å². The highest BCUT2D eigenvalue weighted by Crippen LogP contribution is 2.34. The number of amides is 1. The zero-order chi connectivity index (χ0) is 16.1. The number of carbonyl (C=O) groups excluding carboxylic acids is 1. The summed E-state index contributed by atoms with van der Waals surface area (Å²) in [5, 5.41) is 11.9. The predicted octanol–water partition coefficient (Wildman–Crippen LogP) is 0.262. The number of carbonyl (C=O) groups is 1. The molecule has 1 saturated carbocycles. The van der Waals surface area contributed by atoms with Crippen LogP contribution in [-0.2, 0) is 14.9 Å². The zero-order valence-corrected chi connectivity index (χ0v) is 12.9. The maximum atomic E-state index is 11.9. The molecular weight excluding hydrogens is 300 g/mol. The van der Waals surface area contributed by atoms with Crippen LogP contribution in [0.2, 0.25) is 0 Å². The zero-order valence-electron chi connectivity index (χ0n) is 12.1. The summed E-state index contributed by atoms with van der Waals surface area (Å²) in [5.74, 6) is 0.259. The molecule has 0 aliphatic heterocycles. The fourth-order valence-electron chi connectivity index (χ4n) is 2.52. The average Bonchev–Trinajstić information content (AvgIpc) is 2.45. The van der Waals surface area contributed by atoms with Crippen LogP contribution in [0.5, 0.6) is 0 Å². The third-order valence-corrected chi connectivity index (χ3v) is 4.96. The number of rotatable bonds is 5. The standard InChI is InChI=1S/C11H22N4O5S/c1-3-8-4-6-11(7-5-8,9(12)13-17)15-21(18,19)14-10(16)20-2/h8,15,17H,3-7H2,1-2H3,(H2,12,13)(H,14,16). The first kappa shape index (κ1) is 17.5. The molecule has 1 rings (SSSR count). The number of oxime groups is 1. The molecule has 0 saturated heterocycles. The quantitative estimate of drug-likeness (QED) is 0.247. The molecular formula is C11H22N4O5S. The van der Waals surface area contributed by atoms with Gasteiger partial charge in [0.05, 0.1) is 12.6 Å². The fourth-order valence-corrected chi connectivity index (χ4v) is 3.70. The summed E-state index contributed by atoms with van der Waals surface area (Å²) < 4.78 is 32.1. The number of ether oxygens (including phenoxy) is 1. The van der Waals surface area contributed by atoms with Gasteiger partial charge in [-0.25, -0.2) is 9.52 Å². The van der Waals surface area contributed by atoms with E-state index in [1.54, 1.807) is 4.72 Å². The van der Waals surface area contributed by atoms with Crippen molar-refractivity contribution >= 4 is 22.1 Å². The number of nitrogens with two attached hydrogens (primary N) is 1. The van der Waals surface area contributed by atoms with E-state index in [2.05, 4.69) is 21.5 Å². The van der Waals surface area contributed by atoms with Crippen LogP contribution in [0, 0.1) is 5.92 Å². The van der Waals surface area contributed by atoms with E-state index in [1.807, 2.05) is 0 Å². The van der Waals surface area contributed by atoms with Gasteiger partial charge in [-0.2, -0.15) is 13.1 Å². The largest absolute Gasteiger partial charge is 0.452 e. The molecule has 9 nitrogen and oxygen atoms in total. The van der Waals surface area contributed by atoms with Crippen molar-refractivity contribution in [2.45, 2.75) is 44.6 Å². The molecule has 0 unspecified atom stereocenters. The summed E-state index contributed by atoms with van der Waals surface area (Å²) in [6.45, 7) is 2.06. The van der Waals surface area contributed by atoms with Crippen molar-refractivity contribution in [2.24, 2.45) is 16.8 Å². The normalized spacial score (nSPS) is 27.1. The molecule has 0 heterocycles. The summed E-state index contributed by atoms with van der Waals surface area (Å²) in [4.78, 5) is 11.0. The SMILES string of the molecule is CCC1CCC(NS(=O)(=O)NC(=O)OC)(C(N)=NO)CC1. The highest BCUT2D eigenvalue weighted by Gasteiger charge is 2.42. The highest BCUT2D eigenvalue weighted by atomic mass is 32.2. The van der Waals surface area contributed by atoms with Gasteiger partial charge >= 0.3 is 16.3 Å². The monoisotopic (exact) mass is 322 g/mol. The van der Waals surface area contributed by atoms with Gasteiger partial charge in [0, 0.05) is 0 Å². The van der Waals surface area contributed by atoms with Gasteiger partial charge in [-0.1, -0.05) is 18.5 Å². The minimum atomic E-state index is -4.18. The first-order valence-electron chi connectivity index (χ1n) is 6.66. The molecule has 1 aliphatic rings. The second-order valence-electron chi connectivity index (χ2n) is 5.12. The lowest BCUT2D eigenvalue weighted by Gasteiger charge is -2.38. The van der Waals surface area contributed by atoms with Crippen LogP contribution < -0.4 is 15.2 Å². The lowest BCUT2D eigenvalue weighted by Crippen LogP contribution is -2.61. The Labute approximate surface area is 124 Å². The Morgan fingerprint density at radius 3 is 2.48 bits per heavy atom. The van der Waals surface area contributed by atoms with Crippen molar-refractivity contribution in [3.05, 3.63) is 0 Å². The predicted molar refractivity (Wildman–Crippen MR) is 76.0 cm³/mol. The Morgan fingerprint density at radius 2 is 2.05 bits per heavy atom. The van der Waals surface area contributed by atoms with Crippen LogP contribution in [-0.4, -0.2) is 38.2 Å². The molecule has 10 heteroatoms. The lowest BCUT2D eigenvalue weighted by atomic mass is 9.75. The Hall–Kier alpha value is -1.55. The van der Waals surface area contributed by atoms with Gasteiger partial charge in [-0.3, -0.25) is 0 Å².